The van der Waals surface area contributed by atoms with Crippen molar-refractivity contribution in [1.29, 1.82) is 0 Å². The maximum absolute atomic E-state index is 11.6. The summed E-state index contributed by atoms with van der Waals surface area (Å²) in [5, 5.41) is 33.0. The molecular formula is C23H15Cl2N7O3S. The van der Waals surface area contributed by atoms with E-state index < -0.39 is 11.6 Å². The van der Waals surface area contributed by atoms with Crippen LogP contribution in [0.1, 0.15) is 33.2 Å². The highest BCUT2D eigenvalue weighted by Gasteiger charge is 2.43. The zero-order valence-corrected chi connectivity index (χ0v) is 20.5. The predicted molar refractivity (Wildman–Crippen MR) is 133 cm³/mol. The van der Waals surface area contributed by atoms with Crippen LogP contribution < -0.4 is 0 Å². The molecule has 3 N–H and O–H groups in total. The average molecular weight is 540 g/mol. The fourth-order valence-corrected chi connectivity index (χ4v) is 5.69. The highest BCUT2D eigenvalue weighted by molar-refractivity contribution is 7.17. The topological polar surface area (TPSA) is 143 Å². The number of imidazole rings is 1. The summed E-state index contributed by atoms with van der Waals surface area (Å²) in [4.78, 5) is 24.1. The summed E-state index contributed by atoms with van der Waals surface area (Å²) in [7, 11) is 0. The summed E-state index contributed by atoms with van der Waals surface area (Å²) in [6.45, 7) is 0. The molecule has 6 rings (SSSR count). The molecule has 4 heterocycles. The first-order valence-electron chi connectivity index (χ1n) is 10.7. The number of carbonyl (C=O) groups is 1. The molecule has 0 radical (unpaired) electrons. The van der Waals surface area contributed by atoms with Crippen molar-refractivity contribution in [2.24, 2.45) is 0 Å². The van der Waals surface area contributed by atoms with Crippen LogP contribution in [0.2, 0.25) is 10.2 Å². The molecule has 180 valence electrons. The molecule has 1 atom stereocenters. The number of aliphatic hydroxyl groups is 1. The number of aryl methyl sites for hydroxylation is 1. The van der Waals surface area contributed by atoms with Crippen molar-refractivity contribution in [3.63, 3.8) is 0 Å². The monoisotopic (exact) mass is 539 g/mol. The smallest absolute Gasteiger partial charge is 0.345 e. The van der Waals surface area contributed by atoms with Gasteiger partial charge in [-0.05, 0) is 65.2 Å². The van der Waals surface area contributed by atoms with Gasteiger partial charge in [0.1, 0.15) is 27.9 Å². The van der Waals surface area contributed by atoms with E-state index in [1.807, 2.05) is 18.2 Å². The summed E-state index contributed by atoms with van der Waals surface area (Å²) in [6.07, 6.45) is 4.07. The van der Waals surface area contributed by atoms with Crippen molar-refractivity contribution in [3.8, 4) is 27.4 Å². The molecule has 1 aromatic carbocycles. The first kappa shape index (κ1) is 22.8. The van der Waals surface area contributed by atoms with Crippen LogP contribution in [0.25, 0.3) is 27.4 Å². The number of tetrazole rings is 1. The van der Waals surface area contributed by atoms with Crippen LogP contribution in [-0.2, 0) is 12.0 Å². The fraction of sp³-hybridized carbons (Fsp3) is 0.130. The lowest BCUT2D eigenvalue weighted by Crippen LogP contribution is -2.26. The number of benzene rings is 1. The van der Waals surface area contributed by atoms with Gasteiger partial charge < -0.3 is 15.2 Å². The van der Waals surface area contributed by atoms with E-state index in [-0.39, 0.29) is 15.9 Å². The molecule has 0 saturated carbocycles. The van der Waals surface area contributed by atoms with E-state index in [0.717, 1.165) is 33.7 Å². The normalized spacial score (nSPS) is 16.9. The lowest BCUT2D eigenvalue weighted by Gasteiger charge is -2.20. The summed E-state index contributed by atoms with van der Waals surface area (Å²) >= 11 is 13.7. The van der Waals surface area contributed by atoms with Gasteiger partial charge in [-0.1, -0.05) is 23.2 Å². The quantitative estimate of drug-likeness (QED) is 0.299. The minimum atomic E-state index is -1.48. The maximum Gasteiger partial charge on any atom is 0.345 e. The second kappa shape index (κ2) is 8.49. The Morgan fingerprint density at radius 2 is 2.06 bits per heavy atom. The molecule has 0 aliphatic heterocycles. The van der Waals surface area contributed by atoms with Crippen LogP contribution in [0.15, 0.2) is 48.9 Å². The van der Waals surface area contributed by atoms with Gasteiger partial charge in [0.15, 0.2) is 5.60 Å². The fourth-order valence-electron chi connectivity index (χ4n) is 4.39. The van der Waals surface area contributed by atoms with Crippen LogP contribution in [0, 0.1) is 0 Å². The van der Waals surface area contributed by atoms with Gasteiger partial charge in [-0.3, -0.25) is 4.98 Å². The van der Waals surface area contributed by atoms with Crippen molar-refractivity contribution in [2.45, 2.75) is 18.4 Å². The standard InChI is InChI=1S/C23H15Cl2N7O3S/c24-13-1-2-15(32-10-27-30-31-32)14(8-13)12-7-11-5-6-23(35,19(11)26-9-12)22-28-18(20(25)29-22)16-3-4-17(36-16)21(33)34/h1-4,7-10,35H,5-6H2,(H,28,29)(H,33,34). The Balaban J connectivity index is 1.39. The summed E-state index contributed by atoms with van der Waals surface area (Å²) < 4.78 is 1.54. The number of aromatic amines is 1. The lowest BCUT2D eigenvalue weighted by atomic mass is 9.98. The number of rotatable bonds is 5. The van der Waals surface area contributed by atoms with Crippen molar-refractivity contribution in [1.82, 2.24) is 35.2 Å². The average Bonchev–Trinajstić information content (AvgIpc) is 3.66. The molecule has 4 aromatic heterocycles. The van der Waals surface area contributed by atoms with Gasteiger partial charge in [-0.15, -0.1) is 16.4 Å². The van der Waals surface area contributed by atoms with Gasteiger partial charge in [0.2, 0.25) is 0 Å². The van der Waals surface area contributed by atoms with Crippen LogP contribution in [0.4, 0.5) is 0 Å². The van der Waals surface area contributed by atoms with Gasteiger partial charge in [0.25, 0.3) is 0 Å². The van der Waals surface area contributed by atoms with E-state index >= 15 is 0 Å². The number of fused-ring (bicyclic) bond motifs is 1. The van der Waals surface area contributed by atoms with E-state index in [0.29, 0.717) is 34.1 Å². The van der Waals surface area contributed by atoms with Crippen molar-refractivity contribution >= 4 is 40.5 Å². The number of aromatic carboxylic acids is 1. The van der Waals surface area contributed by atoms with Gasteiger partial charge in [0.05, 0.1) is 16.3 Å². The minimum Gasteiger partial charge on any atom is -0.477 e. The molecule has 1 aliphatic rings. The van der Waals surface area contributed by atoms with E-state index in [2.05, 4.69) is 30.5 Å². The Kier molecular flexibility index (Phi) is 5.38. The highest BCUT2D eigenvalue weighted by atomic mass is 35.5. The van der Waals surface area contributed by atoms with Gasteiger partial charge >= 0.3 is 5.97 Å². The number of halogens is 2. The van der Waals surface area contributed by atoms with E-state index in [9.17, 15) is 15.0 Å². The first-order valence-corrected chi connectivity index (χ1v) is 12.3. The SMILES string of the molecule is O=C(O)c1ccc(-c2nc(C3(O)CCc4cc(-c5cc(Cl)ccc5-n5cnnn5)cnc43)[nH]c2Cl)s1. The Morgan fingerprint density at radius 1 is 1.19 bits per heavy atom. The third kappa shape index (κ3) is 3.68. The maximum atomic E-state index is 11.6. The molecule has 13 heteroatoms. The van der Waals surface area contributed by atoms with Gasteiger partial charge in [0, 0.05) is 22.3 Å². The van der Waals surface area contributed by atoms with Crippen molar-refractivity contribution < 1.29 is 15.0 Å². The van der Waals surface area contributed by atoms with Crippen LogP contribution in [-0.4, -0.2) is 51.3 Å². The Morgan fingerprint density at radius 3 is 2.81 bits per heavy atom. The number of hydrogen-bond acceptors (Lipinski definition) is 8. The van der Waals surface area contributed by atoms with Crippen LogP contribution in [0.5, 0.6) is 0 Å². The third-order valence-electron chi connectivity index (χ3n) is 6.08. The number of aromatic nitrogens is 7. The summed E-state index contributed by atoms with van der Waals surface area (Å²) in [5.74, 6) is -0.770. The molecule has 0 fully saturated rings. The van der Waals surface area contributed by atoms with E-state index in [4.69, 9.17) is 23.2 Å². The number of carboxylic acid groups (broad SMARTS) is 1. The van der Waals surface area contributed by atoms with Crippen LogP contribution >= 0.6 is 34.5 Å². The molecular weight excluding hydrogens is 525 g/mol. The van der Waals surface area contributed by atoms with Gasteiger partial charge in [-0.25, -0.2) is 9.78 Å². The lowest BCUT2D eigenvalue weighted by molar-refractivity contribution is 0.0696. The molecule has 10 nitrogen and oxygen atoms in total. The van der Waals surface area contributed by atoms with E-state index in [1.165, 1.54) is 12.4 Å². The number of nitrogens with zero attached hydrogens (tertiary/aromatic N) is 6. The molecule has 0 spiro atoms. The van der Waals surface area contributed by atoms with E-state index in [1.54, 1.807) is 23.0 Å². The Labute approximate surface area is 217 Å². The number of carboxylic acids is 1. The zero-order chi connectivity index (χ0) is 25.0. The first-order chi connectivity index (χ1) is 17.3. The highest BCUT2D eigenvalue weighted by Crippen LogP contribution is 2.43. The van der Waals surface area contributed by atoms with Crippen LogP contribution in [0.3, 0.4) is 0 Å². The van der Waals surface area contributed by atoms with Crippen molar-refractivity contribution in [2.75, 3.05) is 0 Å². The molecule has 0 saturated heterocycles. The third-order valence-corrected chi connectivity index (χ3v) is 7.67. The Bertz CT molecular complexity index is 1630. The minimum absolute atomic E-state index is 0.173. The van der Waals surface area contributed by atoms with Gasteiger partial charge in [-0.2, -0.15) is 4.68 Å². The number of H-pyrrole nitrogens is 1. The van der Waals surface area contributed by atoms with Crippen molar-refractivity contribution in [3.05, 3.63) is 81.1 Å². The molecule has 5 aromatic rings. The number of thiophene rings is 1. The second-order valence-electron chi connectivity index (χ2n) is 8.22. The molecule has 1 unspecified atom stereocenters. The zero-order valence-electron chi connectivity index (χ0n) is 18.2. The second-order valence-corrected chi connectivity index (χ2v) is 10.1. The number of nitrogens with one attached hydrogen (secondary N) is 1. The molecule has 36 heavy (non-hydrogen) atoms. The summed E-state index contributed by atoms with van der Waals surface area (Å²) in [5.41, 5.74) is 2.56. The summed E-state index contributed by atoms with van der Waals surface area (Å²) in [6, 6.07) is 10.5. The number of pyridine rings is 1. The molecule has 1 aliphatic carbocycles. The predicted octanol–water partition coefficient (Wildman–Crippen LogP) is 4.36. The largest absolute Gasteiger partial charge is 0.477 e. The molecule has 0 amide bonds. The Hall–Kier alpha value is -3.64. The molecule has 0 bridgehead atoms. The number of hydrogen-bond donors (Lipinski definition) is 3.